The lowest BCUT2D eigenvalue weighted by atomic mass is 9.74. The van der Waals surface area contributed by atoms with Gasteiger partial charge in [0.2, 0.25) is 0 Å². The van der Waals surface area contributed by atoms with Gasteiger partial charge in [0.25, 0.3) is 0 Å². The lowest BCUT2D eigenvalue weighted by Gasteiger charge is -2.47. The van der Waals surface area contributed by atoms with Crippen molar-refractivity contribution >= 4 is 0 Å². The van der Waals surface area contributed by atoms with E-state index in [-0.39, 0.29) is 42.4 Å². The molecule has 0 spiro atoms. The van der Waals surface area contributed by atoms with E-state index in [1.807, 2.05) is 0 Å². The van der Waals surface area contributed by atoms with Crippen LogP contribution in [0.4, 0.5) is 0 Å². The largest absolute Gasteiger partial charge is 0.427 e. The van der Waals surface area contributed by atoms with Gasteiger partial charge in [-0.15, -0.1) is 0 Å². The summed E-state index contributed by atoms with van der Waals surface area (Å²) in [6, 6.07) is 0. The Kier molecular flexibility index (Phi) is 7.33. The summed E-state index contributed by atoms with van der Waals surface area (Å²) in [5.41, 5.74) is 0. The molecule has 2 heterocycles. The van der Waals surface area contributed by atoms with Crippen LogP contribution in [0.2, 0.25) is 0 Å². The Morgan fingerprint density at radius 2 is 1.43 bits per heavy atom. The van der Waals surface area contributed by atoms with Gasteiger partial charge < -0.3 is 44.8 Å². The van der Waals surface area contributed by atoms with Gasteiger partial charge in [0.15, 0.2) is 18.5 Å². The Balaban J connectivity index is 1.49. The Labute approximate surface area is 176 Å². The Morgan fingerprint density at radius 1 is 0.767 bits per heavy atom. The molecule has 2 saturated carbocycles. The summed E-state index contributed by atoms with van der Waals surface area (Å²) in [6.45, 7) is -0.494. The molecule has 0 amide bonds. The second kappa shape index (κ2) is 9.64. The van der Waals surface area contributed by atoms with Gasteiger partial charge in [-0.25, -0.2) is 0 Å². The molecule has 2 saturated heterocycles. The molecule has 5 unspecified atom stereocenters. The minimum atomic E-state index is -1.47. The van der Waals surface area contributed by atoms with Gasteiger partial charge in [0.05, 0.1) is 18.8 Å². The van der Waals surface area contributed by atoms with Crippen LogP contribution in [0, 0.1) is 11.8 Å². The molecular formula is C21H37O9+. The zero-order valence-electron chi connectivity index (χ0n) is 17.2. The van der Waals surface area contributed by atoms with Gasteiger partial charge in [0, 0.05) is 18.3 Å². The van der Waals surface area contributed by atoms with Gasteiger partial charge >= 0.3 is 0 Å². The lowest BCUT2D eigenvalue weighted by Crippen LogP contribution is -2.62. The molecule has 2 aliphatic carbocycles. The van der Waals surface area contributed by atoms with Gasteiger partial charge in [-0.2, -0.15) is 0 Å². The summed E-state index contributed by atoms with van der Waals surface area (Å²) < 4.78 is 16.9. The first-order valence-electron chi connectivity index (χ1n) is 11.4. The maximum Gasteiger partial charge on any atom is 0.187 e. The molecule has 4 fully saturated rings. The van der Waals surface area contributed by atoms with Gasteiger partial charge in [-0.3, -0.25) is 0 Å². The number of rotatable bonds is 4. The number of aliphatic hydroxyl groups excluding tert-OH is 6. The molecule has 174 valence electrons. The highest BCUT2D eigenvalue weighted by Crippen LogP contribution is 2.41. The SMILES string of the molecule is OC[C@@H]1O[C@H](OC2CC3CCC(O)CC3[OH+]C2C2CCC(O)CC2)[C@@H](O)[C@H](O)[C@H]1O. The lowest BCUT2D eigenvalue weighted by molar-refractivity contribution is -0.351. The first kappa shape index (κ1) is 22.8. The van der Waals surface area contributed by atoms with Crippen LogP contribution < -0.4 is 0 Å². The minimum Gasteiger partial charge on any atom is -0.427 e. The fraction of sp³-hybridized carbons (Fsp3) is 1.00. The van der Waals surface area contributed by atoms with Crippen molar-refractivity contribution in [2.75, 3.05) is 6.61 Å². The molecule has 0 aromatic carbocycles. The topological polar surface area (TPSA) is 153 Å². The number of hydrogen-bond acceptors (Lipinski definition) is 8. The molecular weight excluding hydrogens is 396 g/mol. The molecule has 4 rings (SSSR count). The molecule has 4 aliphatic rings. The third kappa shape index (κ3) is 4.69. The quantitative estimate of drug-likeness (QED) is 0.295. The molecule has 2 aliphatic heterocycles. The van der Waals surface area contributed by atoms with E-state index < -0.39 is 37.3 Å². The summed E-state index contributed by atoms with van der Waals surface area (Å²) in [5.74, 6) is 0.525. The number of hydrogen-bond donors (Lipinski definition) is 6. The molecule has 9 heteroatoms. The highest BCUT2D eigenvalue weighted by Gasteiger charge is 2.52. The second-order valence-electron chi connectivity index (χ2n) is 9.61. The van der Waals surface area contributed by atoms with Crippen molar-refractivity contribution in [2.45, 2.75) is 113 Å². The van der Waals surface area contributed by atoms with E-state index in [1.54, 1.807) is 0 Å². The predicted molar refractivity (Wildman–Crippen MR) is 104 cm³/mol. The van der Waals surface area contributed by atoms with Crippen molar-refractivity contribution in [1.29, 1.82) is 0 Å². The maximum absolute atomic E-state index is 10.4. The summed E-state index contributed by atoms with van der Waals surface area (Å²) in [7, 11) is 0. The van der Waals surface area contributed by atoms with Crippen LogP contribution in [0.3, 0.4) is 0 Å². The normalized spacial score (nSPS) is 52.6. The van der Waals surface area contributed by atoms with Crippen LogP contribution in [0.15, 0.2) is 0 Å². The monoisotopic (exact) mass is 433 g/mol. The van der Waals surface area contributed by atoms with E-state index in [2.05, 4.69) is 0 Å². The Bertz CT molecular complexity index is 553. The third-order valence-corrected chi connectivity index (χ3v) is 7.59. The van der Waals surface area contributed by atoms with Crippen molar-refractivity contribution in [3.05, 3.63) is 0 Å². The van der Waals surface area contributed by atoms with Crippen LogP contribution in [-0.2, 0) is 9.47 Å². The van der Waals surface area contributed by atoms with Gasteiger partial charge in [0.1, 0.15) is 30.5 Å². The van der Waals surface area contributed by atoms with Crippen LogP contribution in [0.1, 0.15) is 51.4 Å². The van der Waals surface area contributed by atoms with E-state index in [4.69, 9.17) is 14.2 Å². The van der Waals surface area contributed by atoms with Crippen molar-refractivity contribution in [3.63, 3.8) is 0 Å². The molecule has 30 heavy (non-hydrogen) atoms. The maximum atomic E-state index is 10.4. The Morgan fingerprint density at radius 3 is 2.13 bits per heavy atom. The zero-order chi connectivity index (χ0) is 21.4. The average Bonchev–Trinajstić information content (AvgIpc) is 2.74. The minimum absolute atomic E-state index is 0.0836. The highest BCUT2D eigenvalue weighted by molar-refractivity contribution is 4.95. The fourth-order valence-electron chi connectivity index (χ4n) is 5.76. The molecule has 7 N–H and O–H groups in total. The number of aliphatic hydroxyl groups is 8. The number of fused-ring (bicyclic) bond motifs is 1. The first-order valence-corrected chi connectivity index (χ1v) is 11.4. The Hall–Kier alpha value is -0.360. The van der Waals surface area contributed by atoms with Crippen molar-refractivity contribution in [3.8, 4) is 0 Å². The molecule has 0 bridgehead atoms. The summed E-state index contributed by atoms with van der Waals surface area (Å²) in [5, 5.41) is 60.0. The smallest absolute Gasteiger partial charge is 0.187 e. The molecule has 9 nitrogen and oxygen atoms in total. The third-order valence-electron chi connectivity index (χ3n) is 7.59. The van der Waals surface area contributed by atoms with Crippen LogP contribution in [-0.4, -0.2) is 103 Å². The fourth-order valence-corrected chi connectivity index (χ4v) is 5.76. The van der Waals surface area contributed by atoms with E-state index in [0.717, 1.165) is 44.9 Å². The van der Waals surface area contributed by atoms with Gasteiger partial charge in [-0.1, -0.05) is 0 Å². The van der Waals surface area contributed by atoms with Crippen LogP contribution in [0.25, 0.3) is 0 Å². The molecule has 10 atom stereocenters. The van der Waals surface area contributed by atoms with E-state index >= 15 is 0 Å². The molecule has 0 aromatic heterocycles. The summed E-state index contributed by atoms with van der Waals surface area (Å²) in [4.78, 5) is 0. The highest BCUT2D eigenvalue weighted by atomic mass is 16.7. The van der Waals surface area contributed by atoms with E-state index in [9.17, 15) is 30.6 Å². The second-order valence-corrected chi connectivity index (χ2v) is 9.61. The van der Waals surface area contributed by atoms with Crippen molar-refractivity contribution in [2.24, 2.45) is 11.8 Å². The first-order chi connectivity index (χ1) is 14.4. The van der Waals surface area contributed by atoms with E-state index in [1.165, 1.54) is 0 Å². The standard InChI is InChI=1S/C21H36O9/c22-9-16-17(25)18(26)19(27)21(30-16)29-15-7-11-3-6-13(24)8-14(11)28-20(15)10-1-4-12(23)5-2-10/h10-27H,1-9H2/p+1/t10?,11?,12?,13?,14?,15?,16-,17-,18+,19-,20?,21-/m0/s1. The van der Waals surface area contributed by atoms with Crippen LogP contribution in [0.5, 0.6) is 0 Å². The summed E-state index contributed by atoms with van der Waals surface area (Å²) >= 11 is 0. The predicted octanol–water partition coefficient (Wildman–Crippen LogP) is -1.45. The van der Waals surface area contributed by atoms with Crippen molar-refractivity contribution in [1.82, 2.24) is 0 Å². The van der Waals surface area contributed by atoms with E-state index in [0.29, 0.717) is 6.42 Å². The van der Waals surface area contributed by atoms with Crippen LogP contribution >= 0.6 is 0 Å². The van der Waals surface area contributed by atoms with Crippen molar-refractivity contribution < 1.29 is 44.8 Å². The zero-order valence-corrected chi connectivity index (χ0v) is 17.2. The van der Waals surface area contributed by atoms with Gasteiger partial charge in [-0.05, 0) is 44.9 Å². The summed E-state index contributed by atoms with van der Waals surface area (Å²) in [6.07, 6.45) is -1.38. The molecule has 0 aromatic rings. The number of ether oxygens (including phenoxy) is 3. The molecule has 0 radical (unpaired) electrons. The average molecular weight is 434 g/mol.